The lowest BCUT2D eigenvalue weighted by atomic mass is 9.98. The summed E-state index contributed by atoms with van der Waals surface area (Å²) in [6, 6.07) is 25.7. The minimum absolute atomic E-state index is 0.0613. The first-order chi connectivity index (χ1) is 30.2. The molecule has 1 heterocycles. The molecule has 328 valence electrons. The first kappa shape index (κ1) is 44.9. The number of amides is 7. The highest BCUT2D eigenvalue weighted by molar-refractivity contribution is 5.98. The molecular weight excluding hydrogens is 811 g/mol. The molecule has 0 saturated carbocycles. The summed E-state index contributed by atoms with van der Waals surface area (Å²) in [6.07, 6.45) is -1.16. The van der Waals surface area contributed by atoms with Gasteiger partial charge >= 0.3 is 23.8 Å². The Bertz CT molecular complexity index is 2510. The number of nitrogens with one attached hydrogen (secondary N) is 6. The molecule has 6 rings (SSSR count). The van der Waals surface area contributed by atoms with Crippen molar-refractivity contribution in [3.05, 3.63) is 130 Å². The molecule has 2 atom stereocenters. The largest absolute Gasteiger partial charge is 0.449 e. The number of fused-ring (bicyclic) bond motifs is 4. The van der Waals surface area contributed by atoms with Crippen molar-refractivity contribution in [2.24, 2.45) is 11.7 Å². The van der Waals surface area contributed by atoms with Crippen LogP contribution < -0.4 is 43.3 Å². The van der Waals surface area contributed by atoms with Gasteiger partial charge in [0.2, 0.25) is 17.7 Å². The molecule has 17 nitrogen and oxygen atoms in total. The third-order valence-corrected chi connectivity index (χ3v) is 10.4. The molecule has 1 aromatic heterocycles. The quantitative estimate of drug-likeness (QED) is 0.0463. The van der Waals surface area contributed by atoms with Gasteiger partial charge in [-0.1, -0.05) is 74.5 Å². The summed E-state index contributed by atoms with van der Waals surface area (Å²) in [7, 11) is 0. The number of rotatable bonds is 17. The van der Waals surface area contributed by atoms with E-state index in [0.29, 0.717) is 22.5 Å². The lowest BCUT2D eigenvalue weighted by Crippen LogP contribution is -2.55. The van der Waals surface area contributed by atoms with Crippen LogP contribution in [0, 0.1) is 12.8 Å². The normalized spacial score (nSPS) is 12.6. The molecule has 0 fully saturated rings. The SMILES string of the molecule is Cc1cc(=O)oc2cc(NC(=O)OCc3ccc(NC(=O)C(CCCNC(N)=O)NC(=O)C(NC(=O)CNC(=O)OCC4c5ccccc5-c5ccccc54)C(C)C)cc3)ccc12. The molecule has 4 aromatic carbocycles. The highest BCUT2D eigenvalue weighted by atomic mass is 16.6. The maximum absolute atomic E-state index is 13.6. The second-order valence-corrected chi connectivity index (χ2v) is 15.3. The predicted molar refractivity (Wildman–Crippen MR) is 235 cm³/mol. The van der Waals surface area contributed by atoms with E-state index in [-0.39, 0.29) is 38.5 Å². The summed E-state index contributed by atoms with van der Waals surface area (Å²) in [6.45, 7) is 4.85. The van der Waals surface area contributed by atoms with Gasteiger partial charge in [0.1, 0.15) is 37.4 Å². The van der Waals surface area contributed by atoms with E-state index in [1.54, 1.807) is 57.2 Å². The number of carbonyl (C=O) groups is 6. The first-order valence-electron chi connectivity index (χ1n) is 20.4. The number of hydrogen-bond acceptors (Lipinski definition) is 10. The summed E-state index contributed by atoms with van der Waals surface area (Å²) < 4.78 is 16.1. The molecule has 2 unspecified atom stereocenters. The minimum atomic E-state index is -1.09. The summed E-state index contributed by atoms with van der Waals surface area (Å²) in [5.41, 5.74) is 11.4. The molecule has 8 N–H and O–H groups in total. The monoisotopic (exact) mass is 859 g/mol. The van der Waals surface area contributed by atoms with Crippen LogP contribution in [0.1, 0.15) is 54.9 Å². The van der Waals surface area contributed by atoms with Crippen molar-refractivity contribution < 1.29 is 42.7 Å². The van der Waals surface area contributed by atoms with E-state index >= 15 is 0 Å². The van der Waals surface area contributed by atoms with Gasteiger partial charge in [0.05, 0.1) is 0 Å². The lowest BCUT2D eigenvalue weighted by molar-refractivity contribution is -0.131. The van der Waals surface area contributed by atoms with Gasteiger partial charge in [-0.2, -0.15) is 0 Å². The van der Waals surface area contributed by atoms with Gasteiger partial charge in [-0.3, -0.25) is 19.7 Å². The number of nitrogens with two attached hydrogens (primary N) is 1. The number of alkyl carbamates (subject to hydrolysis) is 1. The fourth-order valence-electron chi connectivity index (χ4n) is 7.23. The molecule has 7 amide bonds. The maximum Gasteiger partial charge on any atom is 0.411 e. The lowest BCUT2D eigenvalue weighted by Gasteiger charge is -2.25. The molecular formula is C46H49N7O10. The molecule has 63 heavy (non-hydrogen) atoms. The predicted octanol–water partition coefficient (Wildman–Crippen LogP) is 5.40. The van der Waals surface area contributed by atoms with Gasteiger partial charge in [-0.25, -0.2) is 19.2 Å². The van der Waals surface area contributed by atoms with Crippen LogP contribution in [0.3, 0.4) is 0 Å². The average Bonchev–Trinajstić information content (AvgIpc) is 3.57. The van der Waals surface area contributed by atoms with Crippen LogP contribution in [-0.4, -0.2) is 67.7 Å². The minimum Gasteiger partial charge on any atom is -0.449 e. The third-order valence-electron chi connectivity index (χ3n) is 10.4. The zero-order valence-corrected chi connectivity index (χ0v) is 34.9. The Hall–Kier alpha value is -7.69. The van der Waals surface area contributed by atoms with E-state index in [1.807, 2.05) is 48.5 Å². The molecule has 1 aliphatic rings. The Morgan fingerprint density at radius 2 is 1.41 bits per heavy atom. The summed E-state index contributed by atoms with van der Waals surface area (Å²) in [4.78, 5) is 88.4. The number of carbonyl (C=O) groups excluding carboxylic acids is 6. The molecule has 5 aromatic rings. The maximum atomic E-state index is 13.6. The first-order valence-corrected chi connectivity index (χ1v) is 20.4. The van der Waals surface area contributed by atoms with Crippen LogP contribution in [0.2, 0.25) is 0 Å². The van der Waals surface area contributed by atoms with E-state index < -0.39 is 66.1 Å². The van der Waals surface area contributed by atoms with E-state index in [9.17, 15) is 33.6 Å². The Morgan fingerprint density at radius 3 is 2.08 bits per heavy atom. The van der Waals surface area contributed by atoms with Crippen LogP contribution in [-0.2, 0) is 30.5 Å². The number of hydrogen-bond donors (Lipinski definition) is 7. The standard InChI is InChI=1S/C46H49N7O10/c1-26(2)41(53-39(54)23-49-45(59)62-25-36-34-11-6-4-9-32(34)33-10-5-7-12-35(33)36)43(57)52-37(13-8-20-48-44(47)58)42(56)50-29-16-14-28(15-17-29)24-61-46(60)51-30-18-19-31-27(3)21-40(55)63-38(31)22-30/h4-7,9-12,14-19,21-22,26,36-37,41H,8,13,20,23-25H2,1-3H3,(H,49,59)(H,50,56)(H,51,60)(H,52,57)(H,53,54)(H3,47,48,58). The number of urea groups is 1. The third kappa shape index (κ3) is 12.0. The Balaban J connectivity index is 0.990. The Labute approximate surface area is 362 Å². The number of benzene rings is 4. The molecule has 1 aliphatic carbocycles. The number of anilines is 2. The van der Waals surface area contributed by atoms with Gasteiger partial charge in [0.15, 0.2) is 0 Å². The fourth-order valence-corrected chi connectivity index (χ4v) is 7.23. The van der Waals surface area contributed by atoms with Gasteiger partial charge in [0.25, 0.3) is 0 Å². The highest BCUT2D eigenvalue weighted by Crippen LogP contribution is 2.44. The zero-order chi connectivity index (χ0) is 45.0. The number of ether oxygens (including phenoxy) is 2. The zero-order valence-electron chi connectivity index (χ0n) is 34.9. The van der Waals surface area contributed by atoms with Crippen molar-refractivity contribution in [2.45, 2.75) is 58.2 Å². The second kappa shape index (κ2) is 20.7. The molecule has 0 radical (unpaired) electrons. The van der Waals surface area contributed by atoms with Gasteiger partial charge < -0.3 is 46.2 Å². The highest BCUT2D eigenvalue weighted by Gasteiger charge is 2.31. The topological polar surface area (TPSA) is 249 Å². The Morgan fingerprint density at radius 1 is 0.746 bits per heavy atom. The smallest absolute Gasteiger partial charge is 0.411 e. The average molecular weight is 860 g/mol. The van der Waals surface area contributed by atoms with Crippen LogP contribution in [0.15, 0.2) is 106 Å². The van der Waals surface area contributed by atoms with E-state index in [1.165, 1.54) is 12.1 Å². The van der Waals surface area contributed by atoms with E-state index in [2.05, 4.69) is 31.9 Å². The number of primary amides is 1. The van der Waals surface area contributed by atoms with Gasteiger partial charge in [-0.05, 0) is 83.3 Å². The fraction of sp³-hybridized carbons (Fsp3) is 0.283. The number of aryl methyl sites for hydroxylation is 1. The van der Waals surface area contributed by atoms with Gasteiger partial charge in [-0.15, -0.1) is 0 Å². The molecule has 17 heteroatoms. The molecule has 0 saturated heterocycles. The van der Waals surface area contributed by atoms with Crippen LogP contribution in [0.25, 0.3) is 22.1 Å². The van der Waals surface area contributed by atoms with Crippen LogP contribution >= 0.6 is 0 Å². The molecule has 0 aliphatic heterocycles. The van der Waals surface area contributed by atoms with E-state index in [0.717, 1.165) is 33.2 Å². The van der Waals surface area contributed by atoms with Crippen molar-refractivity contribution in [2.75, 3.05) is 30.3 Å². The van der Waals surface area contributed by atoms with Crippen LogP contribution in [0.5, 0.6) is 0 Å². The van der Waals surface area contributed by atoms with Crippen LogP contribution in [0.4, 0.5) is 25.8 Å². The van der Waals surface area contributed by atoms with E-state index in [4.69, 9.17) is 19.6 Å². The Kier molecular flexibility index (Phi) is 14.8. The van der Waals surface area contributed by atoms with Crippen molar-refractivity contribution in [3.63, 3.8) is 0 Å². The van der Waals surface area contributed by atoms with Gasteiger partial charge in [0, 0.05) is 41.4 Å². The molecule has 0 bridgehead atoms. The van der Waals surface area contributed by atoms with Crippen molar-refractivity contribution in [3.8, 4) is 11.1 Å². The summed E-state index contributed by atoms with van der Waals surface area (Å²) in [5, 5.41) is 16.4. The second-order valence-electron chi connectivity index (χ2n) is 15.3. The van der Waals surface area contributed by atoms with Crippen molar-refractivity contribution >= 4 is 58.3 Å². The summed E-state index contributed by atoms with van der Waals surface area (Å²) >= 11 is 0. The molecule has 0 spiro atoms. The summed E-state index contributed by atoms with van der Waals surface area (Å²) in [5.74, 6) is -2.44. The van der Waals surface area contributed by atoms with Crippen molar-refractivity contribution in [1.82, 2.24) is 21.3 Å². The van der Waals surface area contributed by atoms with Crippen molar-refractivity contribution in [1.29, 1.82) is 0 Å².